The molecule has 0 aromatic carbocycles. The summed E-state index contributed by atoms with van der Waals surface area (Å²) in [6.07, 6.45) is 6.91. The Bertz CT molecular complexity index is 1500. The molecule has 4 saturated carbocycles. The fourth-order valence-electron chi connectivity index (χ4n) is 12.0. The van der Waals surface area contributed by atoms with Crippen LogP contribution in [-0.2, 0) is 33.6 Å². The summed E-state index contributed by atoms with van der Waals surface area (Å²) in [4.78, 5) is 85.8. The Labute approximate surface area is 468 Å². The van der Waals surface area contributed by atoms with Gasteiger partial charge >= 0.3 is 107 Å². The number of hydrogen-bond acceptors (Lipinski definition) is 14. The van der Waals surface area contributed by atoms with Gasteiger partial charge in [0.2, 0.25) is 5.91 Å². The molecule has 0 aromatic heterocycles. The summed E-state index contributed by atoms with van der Waals surface area (Å²) in [6.45, 7) is 2.69. The van der Waals surface area contributed by atoms with Crippen LogP contribution in [0.3, 0.4) is 0 Å². The number of rotatable bonds is 24. The van der Waals surface area contributed by atoms with Crippen molar-refractivity contribution in [1.82, 2.24) is 20.0 Å². The monoisotopic (exact) mass is 1060 g/mol. The van der Waals surface area contributed by atoms with Gasteiger partial charge in [-0.1, -0.05) is 20.8 Å². The number of nitrogens with one attached hydrogen (secondary N) is 1. The minimum absolute atomic E-state index is 0. The summed E-state index contributed by atoms with van der Waals surface area (Å²) in [7, 11) is 0. The van der Waals surface area contributed by atoms with Crippen molar-refractivity contribution in [2.75, 3.05) is 52.4 Å². The summed E-state index contributed by atoms with van der Waals surface area (Å²) in [5.41, 5.74) is -0.281. The zero-order valence-corrected chi connectivity index (χ0v) is 46.2. The van der Waals surface area contributed by atoms with Gasteiger partial charge in [0.15, 0.2) is 0 Å². The van der Waals surface area contributed by atoms with Crippen molar-refractivity contribution in [3.8, 4) is 0 Å². The van der Waals surface area contributed by atoms with Gasteiger partial charge in [-0.25, -0.2) is 0 Å². The largest absolute Gasteiger partial charge is 1.00 e. The van der Waals surface area contributed by atoms with E-state index in [4.69, 9.17) is 0 Å². The Kier molecular flexibility index (Phi) is 29.0. The van der Waals surface area contributed by atoms with Crippen LogP contribution in [0.15, 0.2) is 0 Å². The number of amides is 1. The normalized spacial score (nSPS) is 29.2. The Morgan fingerprint density at radius 3 is 1.76 bits per heavy atom. The molecule has 0 bridgehead atoms. The number of aliphatic carboxylic acids is 6. The fraction of sp³-hybridized carbons (Fsp3) is 0.829. The molecule has 0 aromatic rings. The third-order valence-electron chi connectivity index (χ3n) is 14.9. The maximum atomic E-state index is 13.4. The smallest absolute Gasteiger partial charge is 0.549 e. The molecule has 4 aliphatic carbocycles. The summed E-state index contributed by atoms with van der Waals surface area (Å²) in [5, 5.41) is 77.6. The van der Waals surface area contributed by atoms with Crippen LogP contribution in [0.25, 0.3) is 0 Å². The van der Waals surface area contributed by atoms with Crippen molar-refractivity contribution in [3.05, 3.63) is 0 Å². The van der Waals surface area contributed by atoms with Gasteiger partial charge < -0.3 is 55.4 Å². The molecule has 1 amide bonds. The Morgan fingerprint density at radius 2 is 1.25 bits per heavy atom. The van der Waals surface area contributed by atoms with E-state index in [1.54, 1.807) is 0 Å². The van der Waals surface area contributed by atoms with Gasteiger partial charge in [-0.15, -0.1) is 0 Å². The van der Waals surface area contributed by atoms with Gasteiger partial charge in [-0.05, 0) is 111 Å². The summed E-state index contributed by atoms with van der Waals surface area (Å²) >= 11 is 0. The molecule has 0 aliphatic heterocycles. The topological polar surface area (TPSA) is 291 Å². The third-order valence-corrected chi connectivity index (χ3v) is 14.9. The van der Waals surface area contributed by atoms with Crippen molar-refractivity contribution in [1.29, 1.82) is 0 Å². The van der Waals surface area contributed by atoms with Gasteiger partial charge in [0, 0.05) is 105 Å². The van der Waals surface area contributed by atoms with Crippen molar-refractivity contribution in [3.63, 3.8) is 0 Å². The van der Waals surface area contributed by atoms with Crippen molar-refractivity contribution < 1.29 is 198 Å². The molecule has 5 N–H and O–H groups in total. The van der Waals surface area contributed by atoms with Crippen LogP contribution in [0.5, 0.6) is 0 Å². The average molecular weight is 1060 g/mol. The van der Waals surface area contributed by atoms with Crippen LogP contribution in [0.1, 0.15) is 97.8 Å². The van der Waals surface area contributed by atoms with Gasteiger partial charge in [0.1, 0.15) is 6.04 Å². The Hall–Kier alpha value is 0.455. The number of aliphatic hydroxyl groups excluding tert-OH is 1. The standard InChI is InChI=1S/C41H66N4O14.Gd.3Na/c1-24(4-11-34(48)49)28-7-8-29-27-6-5-25-18-26(12-13-40(25,2)30(27)19-32(46)41(28,29)3)42-33(47)10-9-31(39(58)59)45(16-14-43(20-35(50)51)21-36(52)53)17-15-44(22-37(54)55)23-38(56)57;;;;/h24-32,46H,4-23H2,1-3H3,(H,42,47)(H,48,49)(H,50,51)(H,52,53)(H,54,55)(H,56,57)(H,58,59);;;;/q;;3*+1/p-3/t24-,25-,26-,27+,28-,29+,30-,31+,32-,40-,41+;;;;/m1..../s1. The molecular weight excluding hydrogens is 999 g/mol. The first kappa shape index (κ1) is 63.5. The van der Waals surface area contributed by atoms with Crippen molar-refractivity contribution in [2.24, 2.45) is 46.3 Å². The number of hydrogen-bond donors (Lipinski definition) is 5. The second-order valence-electron chi connectivity index (χ2n) is 18.3. The predicted octanol–water partition coefficient (Wildman–Crippen LogP) is -10.9. The molecule has 63 heavy (non-hydrogen) atoms. The van der Waals surface area contributed by atoms with E-state index in [2.05, 4.69) is 26.1 Å². The molecule has 4 aliphatic rings. The maximum absolute atomic E-state index is 13.4. The molecular formula is C41H63GdN4Na3O14. The van der Waals surface area contributed by atoms with E-state index in [0.717, 1.165) is 48.3 Å². The van der Waals surface area contributed by atoms with Crippen LogP contribution < -0.4 is 109 Å². The van der Waals surface area contributed by atoms with E-state index in [0.29, 0.717) is 42.9 Å². The number of carbonyl (C=O) groups is 7. The van der Waals surface area contributed by atoms with E-state index in [1.165, 1.54) is 4.90 Å². The zero-order chi connectivity index (χ0) is 43.8. The van der Waals surface area contributed by atoms with E-state index in [9.17, 15) is 69.3 Å². The predicted molar refractivity (Wildman–Crippen MR) is 202 cm³/mol. The first-order valence-electron chi connectivity index (χ1n) is 21.1. The number of carbonyl (C=O) groups excluding carboxylic acids is 4. The van der Waals surface area contributed by atoms with Gasteiger partial charge in [0.05, 0.1) is 30.6 Å². The minimum Gasteiger partial charge on any atom is -0.549 e. The molecule has 0 radical (unpaired) electrons. The van der Waals surface area contributed by atoms with Crippen molar-refractivity contribution in [2.45, 2.75) is 116 Å². The number of aliphatic hydroxyl groups is 1. The maximum Gasteiger partial charge on any atom is 1.00 e. The van der Waals surface area contributed by atoms with Gasteiger partial charge in [0.25, 0.3) is 0 Å². The molecule has 0 heterocycles. The molecule has 11 atom stereocenters. The van der Waals surface area contributed by atoms with E-state index in [-0.39, 0.29) is 209 Å². The first-order valence-corrected chi connectivity index (χ1v) is 21.1. The average Bonchev–Trinajstić information content (AvgIpc) is 3.49. The molecule has 0 saturated heterocycles. The Balaban J connectivity index is 0.00000961. The molecule has 18 nitrogen and oxygen atoms in total. The fourth-order valence-corrected chi connectivity index (χ4v) is 12.0. The summed E-state index contributed by atoms with van der Waals surface area (Å²) in [5.74, 6) is -6.60. The quantitative estimate of drug-likeness (QED) is 0.0561. The van der Waals surface area contributed by atoms with E-state index < -0.39 is 74.1 Å². The zero-order valence-electron chi connectivity index (χ0n) is 37.9. The van der Waals surface area contributed by atoms with E-state index >= 15 is 0 Å². The van der Waals surface area contributed by atoms with Gasteiger partial charge in [-0.2, -0.15) is 0 Å². The van der Waals surface area contributed by atoms with Crippen molar-refractivity contribution >= 4 is 41.7 Å². The van der Waals surface area contributed by atoms with Crippen LogP contribution in [0, 0.1) is 86.3 Å². The molecule has 4 fully saturated rings. The molecule has 0 spiro atoms. The second-order valence-corrected chi connectivity index (χ2v) is 18.3. The van der Waals surface area contributed by atoms with Crippen LogP contribution >= 0.6 is 0 Å². The second kappa shape index (κ2) is 28.8. The SMILES string of the molecule is C[C@H](CCC(=O)O)[C@H]1CC[C@H]2[C@@H]3CC[C@@H]4C[C@H](NC(=O)CC[C@@H](C(=O)O)N(CCN(CC(=O)[O-])CC(=O)[O-])CCN(CC(=O)[O-])CC(=O)O)CC[C@@]4(C)[C@@H]3C[C@@H](O)[C@@]12C.[Gd].[Na+].[Na+].[Na+]. The van der Waals surface area contributed by atoms with Gasteiger partial charge in [-0.3, -0.25) is 33.9 Å². The van der Waals surface area contributed by atoms with Crippen LogP contribution in [0.4, 0.5) is 0 Å². The molecule has 342 valence electrons. The Morgan fingerprint density at radius 1 is 0.698 bits per heavy atom. The van der Waals surface area contributed by atoms with Crippen LogP contribution in [0.2, 0.25) is 0 Å². The first-order chi connectivity index (χ1) is 27.6. The molecule has 22 heteroatoms. The summed E-state index contributed by atoms with van der Waals surface area (Å²) in [6, 6.07) is -1.50. The number of nitrogens with zero attached hydrogens (tertiary/aromatic N) is 3. The third kappa shape index (κ3) is 17.4. The summed E-state index contributed by atoms with van der Waals surface area (Å²) < 4.78 is 0. The number of carboxylic acid groups (broad SMARTS) is 6. The van der Waals surface area contributed by atoms with Crippen LogP contribution in [-0.4, -0.2) is 147 Å². The number of carboxylic acids is 6. The molecule has 4 rings (SSSR count). The minimum atomic E-state index is -1.58. The molecule has 0 unspecified atom stereocenters. The van der Waals surface area contributed by atoms with E-state index in [1.807, 2.05) is 0 Å². The number of fused-ring (bicyclic) bond motifs is 5.